The van der Waals surface area contributed by atoms with Gasteiger partial charge in [-0.15, -0.1) is 0 Å². The first-order valence-corrected chi connectivity index (χ1v) is 6.82. The number of benzene rings is 1. The van der Waals surface area contributed by atoms with Crippen molar-refractivity contribution in [3.63, 3.8) is 0 Å². The number of nitrogens with one attached hydrogen (secondary N) is 3. The molecular weight excluding hydrogens is 261 g/mol. The van der Waals surface area contributed by atoms with E-state index in [1.807, 2.05) is 0 Å². The fourth-order valence-corrected chi connectivity index (χ4v) is 2.47. The fraction of sp³-hybridized carbons (Fsp3) is 0.429. The predicted octanol–water partition coefficient (Wildman–Crippen LogP) is 1.79. The number of amides is 3. The molecule has 0 atom stereocenters. The van der Waals surface area contributed by atoms with Crippen LogP contribution >= 0.6 is 0 Å². The normalized spacial score (nSPS) is 17.8. The van der Waals surface area contributed by atoms with Crippen LogP contribution in [-0.2, 0) is 6.42 Å². The molecule has 0 saturated heterocycles. The van der Waals surface area contributed by atoms with Crippen molar-refractivity contribution in [1.82, 2.24) is 10.6 Å². The van der Waals surface area contributed by atoms with Crippen molar-refractivity contribution in [2.24, 2.45) is 0 Å². The van der Waals surface area contributed by atoms with E-state index in [0.717, 1.165) is 19.3 Å². The van der Waals surface area contributed by atoms with E-state index in [4.69, 9.17) is 0 Å². The van der Waals surface area contributed by atoms with Gasteiger partial charge in [0.25, 0.3) is 5.91 Å². The number of urea groups is 1. The van der Waals surface area contributed by atoms with Crippen LogP contribution in [0.3, 0.4) is 0 Å². The third-order valence-corrected chi connectivity index (χ3v) is 3.84. The van der Waals surface area contributed by atoms with Crippen LogP contribution in [0.4, 0.5) is 14.9 Å². The van der Waals surface area contributed by atoms with Gasteiger partial charge in [-0.3, -0.25) is 4.79 Å². The van der Waals surface area contributed by atoms with Crippen molar-refractivity contribution in [1.29, 1.82) is 0 Å². The van der Waals surface area contributed by atoms with Crippen LogP contribution in [0.5, 0.6) is 0 Å². The molecule has 0 spiro atoms. The lowest BCUT2D eigenvalue weighted by molar-refractivity contribution is 0.0945. The van der Waals surface area contributed by atoms with Crippen LogP contribution in [-0.4, -0.2) is 24.5 Å². The van der Waals surface area contributed by atoms with Crippen molar-refractivity contribution in [3.05, 3.63) is 29.1 Å². The van der Waals surface area contributed by atoms with E-state index in [2.05, 4.69) is 16.0 Å². The van der Waals surface area contributed by atoms with Crippen molar-refractivity contribution in [2.75, 3.05) is 11.9 Å². The van der Waals surface area contributed by atoms with Crippen molar-refractivity contribution >= 4 is 17.6 Å². The summed E-state index contributed by atoms with van der Waals surface area (Å²) in [5.74, 6) is -0.781. The molecule has 5 nitrogen and oxygen atoms in total. The number of rotatable bonds is 2. The minimum atomic E-state index is -0.513. The van der Waals surface area contributed by atoms with Gasteiger partial charge in [0.1, 0.15) is 0 Å². The van der Waals surface area contributed by atoms with E-state index in [-0.39, 0.29) is 17.6 Å². The van der Waals surface area contributed by atoms with E-state index in [9.17, 15) is 14.0 Å². The van der Waals surface area contributed by atoms with Gasteiger partial charge in [0.05, 0.1) is 5.69 Å². The molecule has 1 aliphatic heterocycles. The van der Waals surface area contributed by atoms with E-state index >= 15 is 0 Å². The maximum atomic E-state index is 14.3. The summed E-state index contributed by atoms with van der Waals surface area (Å²) in [7, 11) is 0. The number of hydrogen-bond donors (Lipinski definition) is 3. The molecule has 3 rings (SSSR count). The van der Waals surface area contributed by atoms with Gasteiger partial charge in [0.2, 0.25) is 0 Å². The van der Waals surface area contributed by atoms with Gasteiger partial charge in [-0.25, -0.2) is 9.18 Å². The molecular formula is C14H16FN3O2. The number of hydrogen-bond acceptors (Lipinski definition) is 2. The Bertz CT molecular complexity index is 570. The highest BCUT2D eigenvalue weighted by molar-refractivity contribution is 5.98. The third-order valence-electron chi connectivity index (χ3n) is 3.84. The Balaban J connectivity index is 1.76. The van der Waals surface area contributed by atoms with Crippen molar-refractivity contribution in [3.8, 4) is 0 Å². The minimum Gasteiger partial charge on any atom is -0.352 e. The quantitative estimate of drug-likeness (QED) is 0.771. The second-order valence-electron chi connectivity index (χ2n) is 5.19. The van der Waals surface area contributed by atoms with Crippen LogP contribution in [0, 0.1) is 5.82 Å². The van der Waals surface area contributed by atoms with E-state index in [1.54, 1.807) is 6.07 Å². The Labute approximate surface area is 115 Å². The van der Waals surface area contributed by atoms with Gasteiger partial charge in [-0.2, -0.15) is 0 Å². The maximum absolute atomic E-state index is 14.3. The summed E-state index contributed by atoms with van der Waals surface area (Å²) >= 11 is 0. The summed E-state index contributed by atoms with van der Waals surface area (Å²) in [6, 6.07) is 2.78. The van der Waals surface area contributed by atoms with Crippen molar-refractivity contribution < 1.29 is 14.0 Å². The Morgan fingerprint density at radius 3 is 2.85 bits per heavy atom. The number of fused-ring (bicyclic) bond motifs is 1. The Kier molecular flexibility index (Phi) is 3.30. The first kappa shape index (κ1) is 12.9. The minimum absolute atomic E-state index is 0.121. The van der Waals surface area contributed by atoms with Crippen LogP contribution in [0.15, 0.2) is 12.1 Å². The first-order valence-electron chi connectivity index (χ1n) is 6.82. The van der Waals surface area contributed by atoms with E-state index < -0.39 is 11.8 Å². The summed E-state index contributed by atoms with van der Waals surface area (Å²) in [5, 5.41) is 7.96. The van der Waals surface area contributed by atoms with Gasteiger partial charge in [0.15, 0.2) is 5.82 Å². The first-order chi connectivity index (χ1) is 9.65. The van der Waals surface area contributed by atoms with Crippen LogP contribution in [0.1, 0.15) is 35.2 Å². The molecule has 2 aliphatic rings. The standard InChI is InChI=1S/C14H16FN3O2/c15-12-9-6-7-16-13(19)10(9)4-5-11(12)18-14(20)17-8-2-1-3-8/h4-5,8H,1-3,6-7H2,(H,16,19)(H2,17,18,20). The molecule has 3 N–H and O–H groups in total. The molecule has 20 heavy (non-hydrogen) atoms. The maximum Gasteiger partial charge on any atom is 0.319 e. The predicted molar refractivity (Wildman–Crippen MR) is 72.2 cm³/mol. The van der Waals surface area contributed by atoms with Gasteiger partial charge >= 0.3 is 6.03 Å². The third kappa shape index (κ3) is 2.33. The molecule has 6 heteroatoms. The fourth-order valence-electron chi connectivity index (χ4n) is 2.47. The summed E-state index contributed by atoms with van der Waals surface area (Å²) in [6.07, 6.45) is 3.50. The van der Waals surface area contributed by atoms with Gasteiger partial charge < -0.3 is 16.0 Å². The molecule has 1 heterocycles. The molecule has 1 fully saturated rings. The second kappa shape index (κ2) is 5.11. The van der Waals surface area contributed by atoms with Gasteiger partial charge in [0, 0.05) is 23.7 Å². The summed E-state index contributed by atoms with van der Waals surface area (Å²) in [4.78, 5) is 23.3. The van der Waals surface area contributed by atoms with Crippen LogP contribution < -0.4 is 16.0 Å². The van der Waals surface area contributed by atoms with Crippen LogP contribution in [0.25, 0.3) is 0 Å². The van der Waals surface area contributed by atoms with E-state index in [1.165, 1.54) is 6.07 Å². The highest BCUT2D eigenvalue weighted by atomic mass is 19.1. The highest BCUT2D eigenvalue weighted by Gasteiger charge is 2.23. The summed E-state index contributed by atoms with van der Waals surface area (Å²) in [6.45, 7) is 0.417. The van der Waals surface area contributed by atoms with Gasteiger partial charge in [-0.1, -0.05) is 0 Å². The topological polar surface area (TPSA) is 70.2 Å². The number of carbonyl (C=O) groups is 2. The Hall–Kier alpha value is -2.11. The number of anilines is 1. The smallest absolute Gasteiger partial charge is 0.319 e. The SMILES string of the molecule is O=C(Nc1ccc2c(c1F)CCNC2=O)NC1CCC1. The molecule has 0 unspecified atom stereocenters. The van der Waals surface area contributed by atoms with Crippen molar-refractivity contribution in [2.45, 2.75) is 31.7 Å². The zero-order valence-corrected chi connectivity index (χ0v) is 11.0. The average Bonchev–Trinajstić information content (AvgIpc) is 2.38. The molecule has 1 aromatic rings. The van der Waals surface area contributed by atoms with Gasteiger partial charge in [-0.05, 0) is 37.8 Å². The molecule has 1 aliphatic carbocycles. The second-order valence-corrected chi connectivity index (χ2v) is 5.19. The molecule has 1 saturated carbocycles. The highest BCUT2D eigenvalue weighted by Crippen LogP contribution is 2.25. The molecule has 0 bridgehead atoms. The number of carbonyl (C=O) groups excluding carboxylic acids is 2. The zero-order valence-electron chi connectivity index (χ0n) is 11.0. The average molecular weight is 277 g/mol. The lowest BCUT2D eigenvalue weighted by Crippen LogP contribution is -2.42. The molecule has 0 radical (unpaired) electrons. The number of halogens is 1. The molecule has 3 amide bonds. The van der Waals surface area contributed by atoms with Crippen LogP contribution in [0.2, 0.25) is 0 Å². The molecule has 106 valence electrons. The molecule has 0 aromatic heterocycles. The molecule has 1 aromatic carbocycles. The monoisotopic (exact) mass is 277 g/mol. The zero-order chi connectivity index (χ0) is 14.1. The summed E-state index contributed by atoms with van der Waals surface area (Å²) in [5.41, 5.74) is 0.837. The largest absolute Gasteiger partial charge is 0.352 e. The Morgan fingerprint density at radius 2 is 2.15 bits per heavy atom. The lowest BCUT2D eigenvalue weighted by Gasteiger charge is -2.26. The lowest BCUT2D eigenvalue weighted by atomic mass is 9.93. The van der Waals surface area contributed by atoms with E-state index in [0.29, 0.717) is 24.1 Å². The summed E-state index contributed by atoms with van der Waals surface area (Å²) < 4.78 is 14.3. The Morgan fingerprint density at radius 1 is 1.35 bits per heavy atom.